The van der Waals surface area contributed by atoms with Crippen LogP contribution in [0.5, 0.6) is 5.75 Å². The van der Waals surface area contributed by atoms with E-state index in [1.807, 2.05) is 36.1 Å². The third kappa shape index (κ3) is 6.55. The SMILES string of the molecule is CCOc1ccccc1-n1nnnc1SCC(=O)N1CCN(CC(=O)Nc2cccc(F)c2)CC1. The van der Waals surface area contributed by atoms with Crippen molar-refractivity contribution in [3.05, 3.63) is 54.3 Å². The molecule has 3 aromatic rings. The van der Waals surface area contributed by atoms with E-state index < -0.39 is 5.82 Å². The third-order valence-electron chi connectivity index (χ3n) is 5.36. The molecule has 1 aliphatic heterocycles. The predicted molar refractivity (Wildman–Crippen MR) is 129 cm³/mol. The van der Waals surface area contributed by atoms with E-state index in [1.54, 1.807) is 21.7 Å². The van der Waals surface area contributed by atoms with Gasteiger partial charge >= 0.3 is 0 Å². The molecular formula is C23H26FN7O3S. The minimum atomic E-state index is -0.402. The first-order valence-electron chi connectivity index (χ1n) is 11.2. The number of tetrazole rings is 1. The molecule has 12 heteroatoms. The van der Waals surface area contributed by atoms with Gasteiger partial charge in [-0.3, -0.25) is 14.5 Å². The van der Waals surface area contributed by atoms with E-state index in [4.69, 9.17) is 4.74 Å². The van der Waals surface area contributed by atoms with Crippen molar-refractivity contribution in [3.63, 3.8) is 0 Å². The molecule has 1 fully saturated rings. The zero-order valence-electron chi connectivity index (χ0n) is 19.3. The van der Waals surface area contributed by atoms with E-state index in [0.29, 0.717) is 55.1 Å². The number of amides is 2. The van der Waals surface area contributed by atoms with Gasteiger partial charge in [0.2, 0.25) is 17.0 Å². The molecule has 2 heterocycles. The number of carbonyl (C=O) groups is 2. The Morgan fingerprint density at radius 3 is 2.69 bits per heavy atom. The molecule has 1 aliphatic rings. The number of aromatic nitrogens is 4. The van der Waals surface area contributed by atoms with Gasteiger partial charge in [0.15, 0.2) is 0 Å². The third-order valence-corrected chi connectivity index (χ3v) is 6.26. The lowest BCUT2D eigenvalue weighted by Crippen LogP contribution is -2.50. The number of hydrogen-bond donors (Lipinski definition) is 1. The number of nitrogens with one attached hydrogen (secondary N) is 1. The summed E-state index contributed by atoms with van der Waals surface area (Å²) in [4.78, 5) is 28.8. The van der Waals surface area contributed by atoms with Crippen molar-refractivity contribution in [3.8, 4) is 11.4 Å². The van der Waals surface area contributed by atoms with Crippen LogP contribution >= 0.6 is 11.8 Å². The molecule has 0 spiro atoms. The van der Waals surface area contributed by atoms with Gasteiger partial charge in [-0.1, -0.05) is 30.0 Å². The number of benzene rings is 2. The number of para-hydroxylation sites is 2. The van der Waals surface area contributed by atoms with Crippen molar-refractivity contribution >= 4 is 29.3 Å². The summed E-state index contributed by atoms with van der Waals surface area (Å²) in [6, 6.07) is 13.2. The second-order valence-electron chi connectivity index (χ2n) is 7.78. The van der Waals surface area contributed by atoms with Gasteiger partial charge in [0.25, 0.3) is 0 Å². The summed E-state index contributed by atoms with van der Waals surface area (Å²) in [7, 11) is 0. The van der Waals surface area contributed by atoms with E-state index in [0.717, 1.165) is 0 Å². The molecule has 0 radical (unpaired) electrons. The van der Waals surface area contributed by atoms with Crippen LogP contribution in [0, 0.1) is 5.82 Å². The Kier molecular flexibility index (Phi) is 8.27. The van der Waals surface area contributed by atoms with E-state index in [2.05, 4.69) is 20.8 Å². The number of hydrogen-bond acceptors (Lipinski definition) is 8. The molecule has 4 rings (SSSR count). The molecule has 0 bridgehead atoms. The Hall–Kier alpha value is -3.51. The zero-order chi connectivity index (χ0) is 24.6. The van der Waals surface area contributed by atoms with Crippen LogP contribution in [-0.2, 0) is 9.59 Å². The first kappa shape index (κ1) is 24.6. The van der Waals surface area contributed by atoms with E-state index >= 15 is 0 Å². The van der Waals surface area contributed by atoms with Crippen LogP contribution in [0.2, 0.25) is 0 Å². The number of thioether (sulfide) groups is 1. The van der Waals surface area contributed by atoms with Crippen LogP contribution < -0.4 is 10.1 Å². The fourth-order valence-electron chi connectivity index (χ4n) is 3.67. The summed E-state index contributed by atoms with van der Waals surface area (Å²) < 4.78 is 20.5. The van der Waals surface area contributed by atoms with Gasteiger partial charge in [0.05, 0.1) is 18.9 Å². The standard InChI is InChI=1S/C23H26FN7O3S/c1-2-34-20-9-4-3-8-19(20)31-23(26-27-28-31)35-16-22(33)30-12-10-29(11-13-30)15-21(32)25-18-7-5-6-17(24)14-18/h3-9,14H,2,10-13,15-16H2,1H3,(H,25,32). The minimum absolute atomic E-state index is 0.0218. The Morgan fingerprint density at radius 2 is 1.91 bits per heavy atom. The number of nitrogens with zero attached hydrogens (tertiary/aromatic N) is 6. The quantitative estimate of drug-likeness (QED) is 0.446. The maximum atomic E-state index is 13.3. The van der Waals surface area contributed by atoms with E-state index in [9.17, 15) is 14.0 Å². The van der Waals surface area contributed by atoms with Crippen molar-refractivity contribution in [2.24, 2.45) is 0 Å². The van der Waals surface area contributed by atoms with Gasteiger partial charge < -0.3 is 15.0 Å². The second-order valence-corrected chi connectivity index (χ2v) is 8.72. The smallest absolute Gasteiger partial charge is 0.238 e. The van der Waals surface area contributed by atoms with Gasteiger partial charge in [0.1, 0.15) is 17.3 Å². The number of halogens is 1. The average Bonchev–Trinajstić information content (AvgIpc) is 3.32. The normalized spacial score (nSPS) is 14.1. The summed E-state index contributed by atoms with van der Waals surface area (Å²) in [6.45, 7) is 4.79. The largest absolute Gasteiger partial charge is 0.492 e. The monoisotopic (exact) mass is 499 g/mol. The number of anilines is 1. The molecule has 1 N–H and O–H groups in total. The predicted octanol–water partition coefficient (Wildman–Crippen LogP) is 2.08. The fourth-order valence-corrected chi connectivity index (χ4v) is 4.46. The van der Waals surface area contributed by atoms with Gasteiger partial charge in [-0.15, -0.1) is 5.10 Å². The molecular weight excluding hydrogens is 473 g/mol. The van der Waals surface area contributed by atoms with Crippen LogP contribution in [0.4, 0.5) is 10.1 Å². The highest BCUT2D eigenvalue weighted by Gasteiger charge is 2.23. The van der Waals surface area contributed by atoms with Crippen molar-refractivity contribution in [2.45, 2.75) is 12.1 Å². The molecule has 0 aliphatic carbocycles. The van der Waals surface area contributed by atoms with Crippen molar-refractivity contribution < 1.29 is 18.7 Å². The van der Waals surface area contributed by atoms with Crippen molar-refractivity contribution in [1.82, 2.24) is 30.0 Å². The lowest BCUT2D eigenvalue weighted by Gasteiger charge is -2.34. The highest BCUT2D eigenvalue weighted by Crippen LogP contribution is 2.26. The minimum Gasteiger partial charge on any atom is -0.492 e. The summed E-state index contributed by atoms with van der Waals surface area (Å²) in [5.41, 5.74) is 1.13. The number of ether oxygens (including phenoxy) is 1. The summed E-state index contributed by atoms with van der Waals surface area (Å²) in [5, 5.41) is 15.1. The molecule has 0 atom stereocenters. The van der Waals surface area contributed by atoms with Gasteiger partial charge in [-0.05, 0) is 47.7 Å². The fraction of sp³-hybridized carbons (Fsp3) is 0.348. The highest BCUT2D eigenvalue weighted by atomic mass is 32.2. The topological polar surface area (TPSA) is 105 Å². The Bertz CT molecular complexity index is 1170. The summed E-state index contributed by atoms with van der Waals surface area (Å²) in [6.07, 6.45) is 0. The molecule has 1 saturated heterocycles. The van der Waals surface area contributed by atoms with Crippen molar-refractivity contribution in [2.75, 3.05) is 50.4 Å². The summed E-state index contributed by atoms with van der Waals surface area (Å²) in [5.74, 6) is 0.210. The zero-order valence-corrected chi connectivity index (χ0v) is 20.1. The lowest BCUT2D eigenvalue weighted by atomic mass is 10.3. The molecule has 35 heavy (non-hydrogen) atoms. The second kappa shape index (κ2) is 11.8. The van der Waals surface area contributed by atoms with Crippen LogP contribution in [0.1, 0.15) is 6.92 Å². The number of piperazine rings is 1. The number of rotatable bonds is 9. The van der Waals surface area contributed by atoms with E-state index in [1.165, 1.54) is 23.9 Å². The first-order valence-corrected chi connectivity index (χ1v) is 12.2. The van der Waals surface area contributed by atoms with Crippen LogP contribution in [0.25, 0.3) is 5.69 Å². The first-order chi connectivity index (χ1) is 17.0. The number of carbonyl (C=O) groups excluding carboxylic acids is 2. The molecule has 0 saturated carbocycles. The van der Waals surface area contributed by atoms with Crippen LogP contribution in [0.15, 0.2) is 53.7 Å². The Morgan fingerprint density at radius 1 is 1.11 bits per heavy atom. The van der Waals surface area contributed by atoms with Crippen LogP contribution in [0.3, 0.4) is 0 Å². The maximum absolute atomic E-state index is 13.3. The van der Waals surface area contributed by atoms with Gasteiger partial charge in [-0.25, -0.2) is 4.39 Å². The average molecular weight is 500 g/mol. The van der Waals surface area contributed by atoms with Gasteiger partial charge in [0, 0.05) is 31.9 Å². The van der Waals surface area contributed by atoms with Crippen molar-refractivity contribution in [1.29, 1.82) is 0 Å². The molecule has 1 aromatic heterocycles. The lowest BCUT2D eigenvalue weighted by molar-refractivity contribution is -0.130. The van der Waals surface area contributed by atoms with Crippen LogP contribution in [-0.4, -0.2) is 86.9 Å². The van der Waals surface area contributed by atoms with E-state index in [-0.39, 0.29) is 24.1 Å². The Labute approximate surface area is 206 Å². The highest BCUT2D eigenvalue weighted by molar-refractivity contribution is 7.99. The Balaban J connectivity index is 1.25. The molecule has 10 nitrogen and oxygen atoms in total. The molecule has 2 amide bonds. The molecule has 184 valence electrons. The maximum Gasteiger partial charge on any atom is 0.238 e. The molecule has 2 aromatic carbocycles. The molecule has 0 unspecified atom stereocenters. The summed E-state index contributed by atoms with van der Waals surface area (Å²) >= 11 is 1.26. The van der Waals surface area contributed by atoms with Gasteiger partial charge in [-0.2, -0.15) is 4.68 Å².